The molecule has 0 amide bonds. The minimum atomic E-state index is -0.572. The summed E-state index contributed by atoms with van der Waals surface area (Å²) in [6, 6.07) is 2.51. The van der Waals surface area contributed by atoms with E-state index in [0.717, 1.165) is 6.07 Å². The molecule has 0 saturated carbocycles. The molecular weight excluding hydrogens is 246 g/mol. The molecule has 0 radical (unpaired) electrons. The van der Waals surface area contributed by atoms with Gasteiger partial charge in [-0.05, 0) is 22.2 Å². The minimum absolute atomic E-state index is 0.162. The van der Waals surface area contributed by atoms with Gasteiger partial charge in [0.05, 0.1) is 6.61 Å². The van der Waals surface area contributed by atoms with Crippen molar-refractivity contribution in [2.45, 2.75) is 13.2 Å². The van der Waals surface area contributed by atoms with Crippen molar-refractivity contribution in [3.05, 3.63) is 33.5 Å². The van der Waals surface area contributed by atoms with Gasteiger partial charge >= 0.3 is 0 Å². The molecule has 0 saturated heterocycles. The van der Waals surface area contributed by atoms with E-state index in [1.54, 1.807) is 0 Å². The summed E-state index contributed by atoms with van der Waals surface area (Å²) in [5, 5.41) is 8.70. The lowest BCUT2D eigenvalue weighted by atomic mass is 10.1. The minimum Gasteiger partial charge on any atom is -0.392 e. The van der Waals surface area contributed by atoms with Crippen molar-refractivity contribution in [3.8, 4) is 0 Å². The Kier molecular flexibility index (Phi) is 3.77. The highest BCUT2D eigenvalue weighted by Gasteiger charge is 2.07. The molecule has 2 nitrogen and oxygen atoms in total. The van der Waals surface area contributed by atoms with Gasteiger partial charge in [0.15, 0.2) is 0 Å². The summed E-state index contributed by atoms with van der Waals surface area (Å²) < 4.78 is 25.0. The van der Waals surface area contributed by atoms with Crippen LogP contribution in [0.4, 0.5) is 8.92 Å². The number of hydrogen-bond acceptors (Lipinski definition) is 2. The SMILES string of the molecule is OCc1cc(Br)c(COF)cc1F. The van der Waals surface area contributed by atoms with Gasteiger partial charge in [-0.2, -0.15) is 4.94 Å². The third-order valence-electron chi connectivity index (χ3n) is 1.60. The van der Waals surface area contributed by atoms with Crippen LogP contribution in [0.2, 0.25) is 0 Å². The van der Waals surface area contributed by atoms with Crippen LogP contribution in [0.15, 0.2) is 16.6 Å². The molecule has 5 heteroatoms. The Morgan fingerprint density at radius 3 is 2.62 bits per heavy atom. The third-order valence-corrected chi connectivity index (χ3v) is 2.33. The smallest absolute Gasteiger partial charge is 0.129 e. The van der Waals surface area contributed by atoms with Gasteiger partial charge < -0.3 is 5.11 Å². The molecule has 0 aliphatic rings. The van der Waals surface area contributed by atoms with E-state index in [1.807, 2.05) is 0 Å². The molecule has 0 aromatic heterocycles. The highest BCUT2D eigenvalue weighted by molar-refractivity contribution is 9.10. The van der Waals surface area contributed by atoms with Gasteiger partial charge in [0, 0.05) is 10.0 Å². The van der Waals surface area contributed by atoms with E-state index in [1.165, 1.54) is 6.07 Å². The monoisotopic (exact) mass is 252 g/mol. The fourth-order valence-electron chi connectivity index (χ4n) is 0.920. The molecule has 1 aromatic rings. The lowest BCUT2D eigenvalue weighted by Gasteiger charge is -2.04. The van der Waals surface area contributed by atoms with E-state index in [0.29, 0.717) is 10.0 Å². The second kappa shape index (κ2) is 4.64. The van der Waals surface area contributed by atoms with Crippen molar-refractivity contribution in [1.29, 1.82) is 0 Å². The predicted octanol–water partition coefficient (Wildman–Crippen LogP) is 2.48. The van der Waals surface area contributed by atoms with Crippen molar-refractivity contribution in [2.24, 2.45) is 0 Å². The Morgan fingerprint density at radius 2 is 2.08 bits per heavy atom. The van der Waals surface area contributed by atoms with E-state index in [4.69, 9.17) is 5.11 Å². The fourth-order valence-corrected chi connectivity index (χ4v) is 1.43. The van der Waals surface area contributed by atoms with Crippen LogP contribution in [0.3, 0.4) is 0 Å². The van der Waals surface area contributed by atoms with Crippen molar-refractivity contribution >= 4 is 15.9 Å². The number of rotatable bonds is 3. The van der Waals surface area contributed by atoms with Crippen LogP contribution in [-0.2, 0) is 18.2 Å². The van der Waals surface area contributed by atoms with Gasteiger partial charge in [-0.1, -0.05) is 15.9 Å². The highest BCUT2D eigenvalue weighted by atomic mass is 79.9. The van der Waals surface area contributed by atoms with Crippen molar-refractivity contribution in [3.63, 3.8) is 0 Å². The maximum Gasteiger partial charge on any atom is 0.129 e. The summed E-state index contributed by atoms with van der Waals surface area (Å²) >= 11 is 3.10. The number of hydrogen-bond donors (Lipinski definition) is 1. The second-order valence-electron chi connectivity index (χ2n) is 2.45. The van der Waals surface area contributed by atoms with Crippen LogP contribution < -0.4 is 0 Å². The molecule has 0 fully saturated rings. The zero-order chi connectivity index (χ0) is 9.84. The molecule has 1 rings (SSSR count). The Labute approximate surface area is 82.2 Å². The van der Waals surface area contributed by atoms with Crippen LogP contribution in [0, 0.1) is 5.82 Å². The first-order chi connectivity index (χ1) is 6.19. The average Bonchev–Trinajstić information content (AvgIpc) is 2.11. The van der Waals surface area contributed by atoms with Gasteiger partial charge in [-0.3, -0.25) is 0 Å². The summed E-state index contributed by atoms with van der Waals surface area (Å²) in [6.07, 6.45) is 0. The van der Waals surface area contributed by atoms with Gasteiger partial charge in [0.2, 0.25) is 0 Å². The Morgan fingerprint density at radius 1 is 1.38 bits per heavy atom. The van der Waals surface area contributed by atoms with Crippen molar-refractivity contribution in [1.82, 2.24) is 0 Å². The van der Waals surface area contributed by atoms with Crippen molar-refractivity contribution in [2.75, 3.05) is 0 Å². The van der Waals surface area contributed by atoms with Gasteiger partial charge in [-0.25, -0.2) is 4.39 Å². The fraction of sp³-hybridized carbons (Fsp3) is 0.250. The zero-order valence-corrected chi connectivity index (χ0v) is 8.14. The Hall–Kier alpha value is -0.520. The van der Waals surface area contributed by atoms with Gasteiger partial charge in [0.25, 0.3) is 0 Å². The second-order valence-corrected chi connectivity index (χ2v) is 3.30. The predicted molar refractivity (Wildman–Crippen MR) is 45.9 cm³/mol. The van der Waals surface area contributed by atoms with Crippen LogP contribution in [0.25, 0.3) is 0 Å². The zero-order valence-electron chi connectivity index (χ0n) is 6.56. The number of benzene rings is 1. The first kappa shape index (κ1) is 10.6. The molecule has 13 heavy (non-hydrogen) atoms. The quantitative estimate of drug-likeness (QED) is 0.896. The number of aliphatic hydroxyl groups is 1. The Balaban J connectivity index is 3.05. The highest BCUT2D eigenvalue weighted by Crippen LogP contribution is 2.22. The Bertz CT molecular complexity index is 304. The first-order valence-electron chi connectivity index (χ1n) is 3.50. The third kappa shape index (κ3) is 2.46. The lowest BCUT2D eigenvalue weighted by molar-refractivity contribution is -0.144. The number of halogens is 3. The first-order valence-corrected chi connectivity index (χ1v) is 4.29. The molecule has 0 aliphatic carbocycles. The summed E-state index contributed by atoms with van der Waals surface area (Å²) in [5.74, 6) is -0.572. The van der Waals surface area contributed by atoms with Crippen molar-refractivity contribution < 1.29 is 19.0 Å². The van der Waals surface area contributed by atoms with E-state index >= 15 is 0 Å². The molecule has 72 valence electrons. The summed E-state index contributed by atoms with van der Waals surface area (Å²) in [4.78, 5) is 3.38. The molecule has 0 bridgehead atoms. The van der Waals surface area contributed by atoms with Crippen LogP contribution in [0.1, 0.15) is 11.1 Å². The van der Waals surface area contributed by atoms with Gasteiger partial charge in [-0.15, -0.1) is 0 Å². The van der Waals surface area contributed by atoms with Gasteiger partial charge in [0.1, 0.15) is 12.4 Å². The van der Waals surface area contributed by atoms with E-state index < -0.39 is 5.82 Å². The molecule has 0 atom stereocenters. The standard InChI is InChI=1S/C8H7BrF2O2/c9-7-1-5(3-12)8(10)2-6(7)4-13-11/h1-2,12H,3-4H2. The van der Waals surface area contributed by atoms with Crippen LogP contribution >= 0.6 is 15.9 Å². The maximum atomic E-state index is 13.0. The summed E-state index contributed by atoms with van der Waals surface area (Å²) in [7, 11) is 0. The molecule has 1 N–H and O–H groups in total. The molecule has 0 heterocycles. The summed E-state index contributed by atoms with van der Waals surface area (Å²) in [6.45, 7) is -0.704. The number of aliphatic hydroxyl groups excluding tert-OH is 1. The molecule has 0 spiro atoms. The average molecular weight is 253 g/mol. The van der Waals surface area contributed by atoms with Crippen LogP contribution in [-0.4, -0.2) is 5.11 Å². The summed E-state index contributed by atoms with van der Waals surface area (Å²) in [5.41, 5.74) is 0.520. The molecular formula is C8H7BrF2O2. The topological polar surface area (TPSA) is 29.5 Å². The largest absolute Gasteiger partial charge is 0.392 e. The molecule has 0 unspecified atom stereocenters. The normalized spacial score (nSPS) is 10.5. The lowest BCUT2D eigenvalue weighted by Crippen LogP contribution is -1.95. The maximum absolute atomic E-state index is 13.0. The van der Waals surface area contributed by atoms with E-state index in [-0.39, 0.29) is 18.8 Å². The van der Waals surface area contributed by atoms with E-state index in [9.17, 15) is 8.92 Å². The molecule has 0 aliphatic heterocycles. The van der Waals surface area contributed by atoms with E-state index in [2.05, 4.69) is 20.9 Å². The molecule has 1 aromatic carbocycles. The van der Waals surface area contributed by atoms with Crippen LogP contribution in [0.5, 0.6) is 0 Å².